The van der Waals surface area contributed by atoms with Crippen LogP contribution in [0.25, 0.3) is 11.1 Å². The molecule has 4 N–H and O–H groups in total. The fourth-order valence-corrected chi connectivity index (χ4v) is 4.07. The van der Waals surface area contributed by atoms with E-state index in [4.69, 9.17) is 5.73 Å². The highest BCUT2D eigenvalue weighted by Gasteiger charge is 2.30. The Balaban J connectivity index is 2.13. The number of piperidine rings is 1. The van der Waals surface area contributed by atoms with Crippen LogP contribution < -0.4 is 15.4 Å². The second-order valence-corrected chi connectivity index (χ2v) is 9.54. The van der Waals surface area contributed by atoms with Gasteiger partial charge in [0.2, 0.25) is 16.0 Å². The van der Waals surface area contributed by atoms with Gasteiger partial charge in [0.1, 0.15) is 5.82 Å². The number of sulfonamides is 1. The van der Waals surface area contributed by atoms with E-state index in [1.165, 1.54) is 0 Å². The Hall–Kier alpha value is -2.46. The van der Waals surface area contributed by atoms with Gasteiger partial charge < -0.3 is 15.7 Å². The summed E-state index contributed by atoms with van der Waals surface area (Å²) in [5.74, 6) is 0.869. The number of anilines is 3. The maximum Gasteiger partial charge on any atom is 0.229 e. The van der Waals surface area contributed by atoms with Crippen LogP contribution in [-0.2, 0) is 16.4 Å². The third-order valence-corrected chi connectivity index (χ3v) is 5.72. The van der Waals surface area contributed by atoms with Crippen LogP contribution in [0.2, 0.25) is 0 Å². The molecule has 0 spiro atoms. The van der Waals surface area contributed by atoms with Crippen molar-refractivity contribution in [1.29, 1.82) is 0 Å². The molecule has 0 radical (unpaired) electrons. The first-order chi connectivity index (χ1) is 13.5. The van der Waals surface area contributed by atoms with Gasteiger partial charge in [-0.1, -0.05) is 6.92 Å². The van der Waals surface area contributed by atoms with Gasteiger partial charge in [-0.2, -0.15) is 4.98 Å². The fraction of sp³-hybridized carbons (Fsp3) is 0.526. The quantitative estimate of drug-likeness (QED) is 0.665. The number of hydrogen-bond acceptors (Lipinski definition) is 8. The molecule has 0 saturated carbocycles. The molecule has 0 unspecified atom stereocenters. The van der Waals surface area contributed by atoms with E-state index < -0.39 is 15.6 Å². The van der Waals surface area contributed by atoms with Gasteiger partial charge in [-0.25, -0.2) is 13.4 Å². The third-order valence-electron chi connectivity index (χ3n) is 5.13. The normalized spacial score (nSPS) is 16.7. The number of hydrogen-bond donors (Lipinski definition) is 3. The molecule has 2 aromatic heterocycles. The Morgan fingerprint density at radius 2 is 1.97 bits per heavy atom. The zero-order chi connectivity index (χ0) is 21.4. The van der Waals surface area contributed by atoms with Crippen molar-refractivity contribution in [2.45, 2.75) is 45.6 Å². The molecular formula is C19H28N6O3S. The number of aromatic nitrogens is 3. The smallest absolute Gasteiger partial charge is 0.229 e. The number of nitrogen functional groups attached to an aromatic ring is 1. The molecule has 10 heteroatoms. The second-order valence-electron chi connectivity index (χ2n) is 7.80. The van der Waals surface area contributed by atoms with Crippen LogP contribution in [0, 0.1) is 6.92 Å². The molecule has 9 nitrogen and oxygen atoms in total. The van der Waals surface area contributed by atoms with Gasteiger partial charge in [-0.15, -0.1) is 0 Å². The predicted molar refractivity (Wildman–Crippen MR) is 114 cm³/mol. The summed E-state index contributed by atoms with van der Waals surface area (Å²) < 4.78 is 26.0. The van der Waals surface area contributed by atoms with Crippen LogP contribution in [0.5, 0.6) is 0 Å². The van der Waals surface area contributed by atoms with E-state index in [-0.39, 0.29) is 5.95 Å². The van der Waals surface area contributed by atoms with Crippen molar-refractivity contribution in [2.75, 3.05) is 34.7 Å². The van der Waals surface area contributed by atoms with Crippen molar-refractivity contribution in [3.8, 4) is 11.1 Å². The molecule has 0 aromatic carbocycles. The lowest BCUT2D eigenvalue weighted by atomic mass is 9.93. The lowest BCUT2D eigenvalue weighted by Crippen LogP contribution is -2.43. The highest BCUT2D eigenvalue weighted by molar-refractivity contribution is 7.92. The van der Waals surface area contributed by atoms with Gasteiger partial charge in [-0.3, -0.25) is 9.71 Å². The van der Waals surface area contributed by atoms with E-state index in [2.05, 4.69) is 24.6 Å². The molecule has 2 aromatic rings. The van der Waals surface area contributed by atoms with Crippen LogP contribution in [-0.4, -0.2) is 53.4 Å². The van der Waals surface area contributed by atoms with Crippen LogP contribution in [0.1, 0.15) is 38.1 Å². The molecule has 0 amide bonds. The number of rotatable bonds is 5. The molecule has 1 saturated heterocycles. The standard InChI is InChI=1S/C19H28N6O3S/c1-5-14-16(13-10-15(12(2)21-11-13)24-29(4,27)28)17(23-18(20)22-14)25-8-6-19(3,26)7-9-25/h10-11,24,26H,5-9H2,1-4H3,(H2,20,22,23). The van der Waals surface area contributed by atoms with Crippen molar-refractivity contribution in [3.05, 3.63) is 23.7 Å². The highest BCUT2D eigenvalue weighted by atomic mass is 32.2. The van der Waals surface area contributed by atoms with E-state index >= 15 is 0 Å². The molecule has 3 heterocycles. The molecule has 1 aliphatic heterocycles. The van der Waals surface area contributed by atoms with E-state index in [1.807, 2.05) is 13.8 Å². The summed E-state index contributed by atoms with van der Waals surface area (Å²) in [4.78, 5) is 15.4. The Kier molecular flexibility index (Phi) is 5.68. The summed E-state index contributed by atoms with van der Waals surface area (Å²) >= 11 is 0. The summed E-state index contributed by atoms with van der Waals surface area (Å²) in [6.07, 6.45) is 4.66. The molecule has 0 atom stereocenters. The highest BCUT2D eigenvalue weighted by Crippen LogP contribution is 2.36. The Bertz CT molecular complexity index is 1010. The third kappa shape index (κ3) is 4.94. The van der Waals surface area contributed by atoms with Gasteiger partial charge in [0.15, 0.2) is 0 Å². The Morgan fingerprint density at radius 1 is 1.31 bits per heavy atom. The lowest BCUT2D eigenvalue weighted by Gasteiger charge is -2.37. The molecule has 29 heavy (non-hydrogen) atoms. The van der Waals surface area contributed by atoms with E-state index in [0.717, 1.165) is 17.5 Å². The van der Waals surface area contributed by atoms with E-state index in [9.17, 15) is 13.5 Å². The zero-order valence-corrected chi connectivity index (χ0v) is 18.0. The lowest BCUT2D eigenvalue weighted by molar-refractivity contribution is 0.0350. The topological polar surface area (TPSA) is 134 Å². The number of aryl methyl sites for hydroxylation is 2. The minimum absolute atomic E-state index is 0.187. The van der Waals surface area contributed by atoms with Crippen LogP contribution in [0.4, 0.5) is 17.5 Å². The van der Waals surface area contributed by atoms with Gasteiger partial charge in [0.25, 0.3) is 0 Å². The van der Waals surface area contributed by atoms with Gasteiger partial charge >= 0.3 is 0 Å². The Morgan fingerprint density at radius 3 is 2.55 bits per heavy atom. The van der Waals surface area contributed by atoms with Gasteiger partial charge in [-0.05, 0) is 39.2 Å². The molecule has 0 bridgehead atoms. The fourth-order valence-electron chi connectivity index (χ4n) is 3.47. The first-order valence-electron chi connectivity index (χ1n) is 9.57. The summed E-state index contributed by atoms with van der Waals surface area (Å²) in [5, 5.41) is 10.3. The van der Waals surface area contributed by atoms with Crippen molar-refractivity contribution in [3.63, 3.8) is 0 Å². The molecule has 1 fully saturated rings. The maximum absolute atomic E-state index is 11.7. The maximum atomic E-state index is 11.7. The molecule has 158 valence electrons. The minimum atomic E-state index is -3.44. The minimum Gasteiger partial charge on any atom is -0.390 e. The van der Waals surface area contributed by atoms with Crippen LogP contribution in [0.3, 0.4) is 0 Å². The van der Waals surface area contributed by atoms with Gasteiger partial charge in [0.05, 0.1) is 28.9 Å². The van der Waals surface area contributed by atoms with Crippen molar-refractivity contribution in [1.82, 2.24) is 15.0 Å². The predicted octanol–water partition coefficient (Wildman–Crippen LogP) is 1.71. The number of nitrogens with one attached hydrogen (secondary N) is 1. The first kappa shape index (κ1) is 21.3. The summed E-state index contributed by atoms with van der Waals surface area (Å²) in [7, 11) is -3.44. The number of nitrogens with zero attached hydrogens (tertiary/aromatic N) is 4. The average molecular weight is 421 g/mol. The number of pyridine rings is 1. The monoisotopic (exact) mass is 420 g/mol. The summed E-state index contributed by atoms with van der Waals surface area (Å²) in [6.45, 7) is 6.82. The molecular weight excluding hydrogens is 392 g/mol. The number of aliphatic hydroxyl groups is 1. The molecule has 1 aliphatic rings. The molecule has 3 rings (SSSR count). The van der Waals surface area contributed by atoms with Crippen molar-refractivity contribution in [2.24, 2.45) is 0 Å². The number of nitrogens with two attached hydrogens (primary N) is 1. The first-order valence-corrected chi connectivity index (χ1v) is 11.5. The Labute approximate surface area is 171 Å². The summed E-state index contributed by atoms with van der Waals surface area (Å²) in [6, 6.07) is 1.75. The summed E-state index contributed by atoms with van der Waals surface area (Å²) in [5.41, 5.74) is 8.53. The largest absolute Gasteiger partial charge is 0.390 e. The SMILES string of the molecule is CCc1nc(N)nc(N2CCC(C)(O)CC2)c1-c1cnc(C)c(NS(C)(=O)=O)c1. The average Bonchev–Trinajstić information content (AvgIpc) is 2.62. The zero-order valence-electron chi connectivity index (χ0n) is 17.2. The van der Waals surface area contributed by atoms with Crippen molar-refractivity contribution >= 4 is 27.5 Å². The van der Waals surface area contributed by atoms with E-state index in [1.54, 1.807) is 19.2 Å². The van der Waals surface area contributed by atoms with Crippen molar-refractivity contribution < 1.29 is 13.5 Å². The van der Waals surface area contributed by atoms with Gasteiger partial charge in [0, 0.05) is 30.4 Å². The van der Waals surface area contributed by atoms with Crippen LogP contribution >= 0.6 is 0 Å². The van der Waals surface area contributed by atoms with Crippen LogP contribution in [0.15, 0.2) is 12.3 Å². The van der Waals surface area contributed by atoms with E-state index in [0.29, 0.717) is 55.1 Å². The second kappa shape index (κ2) is 7.75. The molecule has 0 aliphatic carbocycles.